The third-order valence-corrected chi connectivity index (χ3v) is 5.09. The average Bonchev–Trinajstić information content (AvgIpc) is 2.62. The Labute approximate surface area is 171 Å². The van der Waals surface area contributed by atoms with E-state index in [1.54, 1.807) is 20.8 Å². The molecule has 0 aromatic rings. The van der Waals surface area contributed by atoms with Gasteiger partial charge in [0.15, 0.2) is 0 Å². The molecular weight excluding hydrogens is 362 g/mol. The summed E-state index contributed by atoms with van der Waals surface area (Å²) in [4.78, 5) is 2.14. The van der Waals surface area contributed by atoms with E-state index in [1.807, 2.05) is 0 Å². The number of hydrogen-bond donors (Lipinski definition) is 6. The van der Waals surface area contributed by atoms with Crippen molar-refractivity contribution >= 4 is 0 Å². The summed E-state index contributed by atoms with van der Waals surface area (Å²) in [7, 11) is 0. The van der Waals surface area contributed by atoms with Crippen molar-refractivity contribution in [3.63, 3.8) is 0 Å². The fourth-order valence-corrected chi connectivity index (χ4v) is 3.06. The molecule has 0 aromatic carbocycles. The van der Waals surface area contributed by atoms with Crippen molar-refractivity contribution in [2.75, 3.05) is 19.6 Å². The molecule has 28 heavy (non-hydrogen) atoms. The highest BCUT2D eigenvalue weighted by atomic mass is 16.3. The zero-order chi connectivity index (χ0) is 21.5. The topological polar surface area (TPSA) is 125 Å². The molecule has 0 bridgehead atoms. The lowest BCUT2D eigenvalue weighted by Gasteiger charge is -2.26. The molecule has 0 heterocycles. The van der Waals surface area contributed by atoms with Crippen LogP contribution >= 0.6 is 0 Å². The van der Waals surface area contributed by atoms with Gasteiger partial charge in [0.05, 0.1) is 36.6 Å². The molecule has 0 aliphatic heterocycles. The molecule has 0 radical (unpaired) electrons. The van der Waals surface area contributed by atoms with Gasteiger partial charge in [0.25, 0.3) is 0 Å². The van der Waals surface area contributed by atoms with Crippen molar-refractivity contribution in [1.29, 1.82) is 0 Å². The summed E-state index contributed by atoms with van der Waals surface area (Å²) >= 11 is 0. The van der Waals surface area contributed by atoms with Crippen LogP contribution in [0.3, 0.4) is 0 Å². The van der Waals surface area contributed by atoms with Crippen LogP contribution in [0, 0.1) is 0 Å². The van der Waals surface area contributed by atoms with E-state index in [-0.39, 0.29) is 0 Å². The van der Waals surface area contributed by atoms with Crippen molar-refractivity contribution in [3.05, 3.63) is 0 Å². The minimum atomic E-state index is -0.475. The van der Waals surface area contributed by atoms with Gasteiger partial charge in [-0.2, -0.15) is 0 Å². The van der Waals surface area contributed by atoms with Crippen LogP contribution in [0.2, 0.25) is 0 Å². The van der Waals surface area contributed by atoms with Gasteiger partial charge in [-0.05, 0) is 78.6 Å². The Hall–Kier alpha value is -0.280. The Kier molecular flexibility index (Phi) is 16.3. The molecule has 0 aliphatic carbocycles. The van der Waals surface area contributed by atoms with Crippen LogP contribution in [0.25, 0.3) is 0 Å². The molecule has 6 atom stereocenters. The predicted molar refractivity (Wildman–Crippen MR) is 111 cm³/mol. The van der Waals surface area contributed by atoms with E-state index in [1.165, 1.54) is 0 Å². The molecule has 0 spiro atoms. The maximum absolute atomic E-state index is 10.1. The van der Waals surface area contributed by atoms with Gasteiger partial charge in [-0.25, -0.2) is 0 Å². The summed E-state index contributed by atoms with van der Waals surface area (Å²) in [5.74, 6) is 0. The summed E-state index contributed by atoms with van der Waals surface area (Å²) in [6, 6.07) is 0. The zero-order valence-corrected chi connectivity index (χ0v) is 18.1. The lowest BCUT2D eigenvalue weighted by atomic mass is 10.1. The Morgan fingerprint density at radius 3 is 0.893 bits per heavy atom. The lowest BCUT2D eigenvalue weighted by molar-refractivity contribution is 0.0780. The average molecular weight is 408 g/mol. The third-order valence-electron chi connectivity index (χ3n) is 5.09. The maximum atomic E-state index is 10.1. The smallest absolute Gasteiger partial charge is 0.0553 e. The molecule has 0 amide bonds. The second-order valence-electron chi connectivity index (χ2n) is 8.45. The first-order valence-corrected chi connectivity index (χ1v) is 10.9. The van der Waals surface area contributed by atoms with E-state index >= 15 is 0 Å². The van der Waals surface area contributed by atoms with Crippen molar-refractivity contribution in [2.24, 2.45) is 0 Å². The zero-order valence-electron chi connectivity index (χ0n) is 18.1. The van der Waals surface area contributed by atoms with Crippen LogP contribution in [0.1, 0.15) is 78.6 Å². The summed E-state index contributed by atoms with van der Waals surface area (Å²) in [6.07, 6.45) is 2.44. The van der Waals surface area contributed by atoms with E-state index in [0.717, 1.165) is 0 Å². The Morgan fingerprint density at radius 2 is 0.679 bits per heavy atom. The number of nitrogens with zero attached hydrogens (tertiary/aromatic N) is 1. The van der Waals surface area contributed by atoms with Gasteiger partial charge in [0.1, 0.15) is 0 Å². The van der Waals surface area contributed by atoms with E-state index in [4.69, 9.17) is 0 Å². The molecule has 0 aliphatic rings. The van der Waals surface area contributed by atoms with Crippen molar-refractivity contribution in [2.45, 2.75) is 115 Å². The quantitative estimate of drug-likeness (QED) is 0.200. The first-order chi connectivity index (χ1) is 13.1. The Bertz CT molecular complexity index is 301. The fraction of sp³-hybridized carbons (Fsp3) is 1.00. The van der Waals surface area contributed by atoms with E-state index in [2.05, 4.69) is 4.90 Å². The highest BCUT2D eigenvalue weighted by molar-refractivity contribution is 4.69. The predicted octanol–water partition coefficient (Wildman–Crippen LogP) is 1.02. The summed E-state index contributed by atoms with van der Waals surface area (Å²) in [5, 5.41) is 58.3. The number of aliphatic hydroxyl groups excluding tert-OH is 6. The molecule has 0 aromatic heterocycles. The molecule has 7 heteroatoms. The van der Waals surface area contributed by atoms with E-state index < -0.39 is 36.6 Å². The number of aliphatic hydroxyl groups is 6. The second kappa shape index (κ2) is 16.5. The maximum Gasteiger partial charge on any atom is 0.0553 e. The Morgan fingerprint density at radius 1 is 0.429 bits per heavy atom. The second-order valence-corrected chi connectivity index (χ2v) is 8.45. The molecular formula is C21H45NO6. The van der Waals surface area contributed by atoms with Crippen LogP contribution in [0.15, 0.2) is 0 Å². The minimum Gasteiger partial charge on any atom is -0.393 e. The van der Waals surface area contributed by atoms with Crippen molar-refractivity contribution < 1.29 is 30.6 Å². The van der Waals surface area contributed by atoms with Gasteiger partial charge in [0.2, 0.25) is 0 Å². The van der Waals surface area contributed by atoms with Gasteiger partial charge in [-0.3, -0.25) is 0 Å². The van der Waals surface area contributed by atoms with Crippen LogP contribution in [-0.2, 0) is 0 Å². The minimum absolute atomic E-state index is 0.418. The standard InChI is InChI=1S/C21H45NO6/c1-16(23)4-7-19(26)10-13-22(14-11-20(27)8-5-17(2)24)15-12-21(28)9-6-18(3)25/h16-21,23-28H,4-15H2,1-3H3. The summed E-state index contributed by atoms with van der Waals surface area (Å²) < 4.78 is 0. The van der Waals surface area contributed by atoms with Crippen LogP contribution in [0.4, 0.5) is 0 Å². The normalized spacial score (nSPS) is 18.6. The summed E-state index contributed by atoms with van der Waals surface area (Å²) in [6.45, 7) is 7.11. The fourth-order valence-electron chi connectivity index (χ4n) is 3.06. The van der Waals surface area contributed by atoms with Gasteiger partial charge >= 0.3 is 0 Å². The van der Waals surface area contributed by atoms with Crippen LogP contribution in [-0.4, -0.2) is 91.8 Å². The third kappa shape index (κ3) is 17.8. The molecule has 6 unspecified atom stereocenters. The van der Waals surface area contributed by atoms with Gasteiger partial charge in [-0.1, -0.05) is 0 Å². The van der Waals surface area contributed by atoms with Crippen molar-refractivity contribution in [3.8, 4) is 0 Å². The molecule has 0 saturated heterocycles. The lowest BCUT2D eigenvalue weighted by Crippen LogP contribution is -2.33. The number of hydrogen-bond acceptors (Lipinski definition) is 7. The van der Waals surface area contributed by atoms with Crippen molar-refractivity contribution in [1.82, 2.24) is 4.90 Å². The van der Waals surface area contributed by atoms with Gasteiger partial charge in [-0.15, -0.1) is 0 Å². The highest BCUT2D eigenvalue weighted by Crippen LogP contribution is 2.12. The number of rotatable bonds is 18. The monoisotopic (exact) mass is 407 g/mol. The molecule has 0 fully saturated rings. The van der Waals surface area contributed by atoms with E-state index in [0.29, 0.717) is 77.4 Å². The SMILES string of the molecule is CC(O)CCC(O)CCN(CCC(O)CCC(C)O)CCC(O)CCC(C)O. The Balaban J connectivity index is 4.39. The van der Waals surface area contributed by atoms with Crippen LogP contribution in [0.5, 0.6) is 0 Å². The summed E-state index contributed by atoms with van der Waals surface area (Å²) in [5.41, 5.74) is 0. The molecule has 170 valence electrons. The first kappa shape index (κ1) is 27.7. The van der Waals surface area contributed by atoms with Crippen LogP contribution < -0.4 is 0 Å². The molecule has 7 nitrogen and oxygen atoms in total. The highest BCUT2D eigenvalue weighted by Gasteiger charge is 2.15. The van der Waals surface area contributed by atoms with E-state index in [9.17, 15) is 30.6 Å². The molecule has 6 N–H and O–H groups in total. The van der Waals surface area contributed by atoms with Gasteiger partial charge in [0, 0.05) is 19.6 Å². The molecule has 0 rings (SSSR count). The largest absolute Gasteiger partial charge is 0.393 e. The molecule has 0 saturated carbocycles. The van der Waals surface area contributed by atoms with Gasteiger partial charge < -0.3 is 35.5 Å². The first-order valence-electron chi connectivity index (χ1n) is 10.9.